The van der Waals surface area contributed by atoms with Crippen LogP contribution in [0.2, 0.25) is 0 Å². The van der Waals surface area contributed by atoms with E-state index in [0.29, 0.717) is 22.6 Å². The van der Waals surface area contributed by atoms with E-state index in [-0.39, 0.29) is 0 Å². The number of hydrogen-bond donors (Lipinski definition) is 2. The van der Waals surface area contributed by atoms with Gasteiger partial charge in [-0.1, -0.05) is 36.4 Å². The Morgan fingerprint density at radius 3 is 1.79 bits per heavy atom. The highest BCUT2D eigenvalue weighted by Crippen LogP contribution is 2.43. The van der Waals surface area contributed by atoms with Crippen LogP contribution in [0.15, 0.2) is 48.5 Å². The van der Waals surface area contributed by atoms with Crippen LogP contribution in [0.25, 0.3) is 0 Å². The van der Waals surface area contributed by atoms with Gasteiger partial charge in [-0.2, -0.15) is 0 Å². The van der Waals surface area contributed by atoms with Crippen LogP contribution in [0.1, 0.15) is 17.0 Å². The second kappa shape index (κ2) is 5.90. The smallest absolute Gasteiger partial charge is 0.363 e. The molecule has 94 valence electrons. The Bertz CT molecular complexity index is 552. The third kappa shape index (κ3) is 2.49. The molecule has 0 saturated heterocycles. The minimum absolute atomic E-state index is 0.624. The van der Waals surface area contributed by atoms with Gasteiger partial charge >= 0.3 is 22.6 Å². The topological polar surface area (TPSA) is 66.8 Å². The minimum atomic E-state index is -0.854. The average Bonchev–Trinajstić information content (AvgIpc) is 2.46. The maximum absolute atomic E-state index is 11.4. The van der Waals surface area contributed by atoms with E-state index in [4.69, 9.17) is 8.90 Å². The molecule has 0 aliphatic carbocycles. The van der Waals surface area contributed by atoms with E-state index >= 15 is 0 Å². The number of fused-ring (bicyclic) bond motifs is 2. The molecule has 0 amide bonds. The van der Waals surface area contributed by atoms with Crippen LogP contribution in [0.5, 0.6) is 11.5 Å². The van der Waals surface area contributed by atoms with E-state index in [9.17, 15) is 9.90 Å². The lowest BCUT2D eigenvalue weighted by Crippen LogP contribution is -2.18. The van der Waals surface area contributed by atoms with Crippen molar-refractivity contribution in [2.24, 2.45) is 0 Å². The summed E-state index contributed by atoms with van der Waals surface area (Å²) in [5.74, 6) is -0.249. The van der Waals surface area contributed by atoms with E-state index in [1.54, 1.807) is 24.3 Å². The molecular weight excluding hydrogens is 259 g/mol. The summed E-state index contributed by atoms with van der Waals surface area (Å²) in [6, 6.07) is 14.5. The van der Waals surface area contributed by atoms with Gasteiger partial charge in [0.15, 0.2) is 0 Å². The molecule has 2 aromatic carbocycles. The average molecular weight is 270 g/mol. The third-order valence-corrected chi connectivity index (χ3v) is 2.93. The van der Waals surface area contributed by atoms with Crippen LogP contribution in [0, 0.1) is 0 Å². The molecule has 2 radical (unpaired) electrons. The molecule has 1 aliphatic rings. The van der Waals surface area contributed by atoms with Crippen LogP contribution in [0.3, 0.4) is 0 Å². The third-order valence-electron chi connectivity index (χ3n) is 2.93. The standard InChI is InChI=1S/C14H10O3.Al.H2O/c15-14(16)13-9-5-1-3-7-11(9)17-12-8-4-2-6-10(12)13;;/h1-8,13H,(H,15,16);;1H2/q;+1;/p-1. The van der Waals surface area contributed by atoms with Gasteiger partial charge < -0.3 is 14.0 Å². The minimum Gasteiger partial charge on any atom is -0.529 e. The Labute approximate surface area is 119 Å². The zero-order valence-electron chi connectivity index (χ0n) is 9.98. The van der Waals surface area contributed by atoms with Gasteiger partial charge in [0.1, 0.15) is 17.4 Å². The van der Waals surface area contributed by atoms with Crippen molar-refractivity contribution < 1.29 is 18.8 Å². The highest BCUT2D eigenvalue weighted by atomic mass is 27.1. The fourth-order valence-electron chi connectivity index (χ4n) is 2.18. The van der Waals surface area contributed by atoms with Gasteiger partial charge in [0.2, 0.25) is 0 Å². The highest BCUT2D eigenvalue weighted by molar-refractivity contribution is 5.95. The summed E-state index contributed by atoms with van der Waals surface area (Å²) in [6.07, 6.45) is 0. The zero-order chi connectivity index (χ0) is 13.8. The molecule has 0 atom stereocenters. The van der Waals surface area contributed by atoms with Crippen molar-refractivity contribution in [1.82, 2.24) is 0 Å². The maximum Gasteiger partial charge on any atom is 0.363 e. The van der Waals surface area contributed by atoms with Gasteiger partial charge in [-0.05, 0) is 12.1 Å². The van der Waals surface area contributed by atoms with Crippen molar-refractivity contribution in [2.75, 3.05) is 0 Å². The quantitative estimate of drug-likeness (QED) is 0.778. The number of hydrogen-bond acceptors (Lipinski definition) is 3. The Morgan fingerprint density at radius 2 is 1.37 bits per heavy atom. The van der Waals surface area contributed by atoms with Crippen molar-refractivity contribution in [2.45, 2.75) is 5.92 Å². The first-order valence-electron chi connectivity index (χ1n) is 5.61. The number of para-hydroxylation sites is 2. The van der Waals surface area contributed by atoms with Crippen LogP contribution in [0.4, 0.5) is 0 Å². The summed E-state index contributed by atoms with van der Waals surface area (Å²) in [6.45, 7) is 0. The Hall–Kier alpha value is -1.80. The normalized spacial score (nSPS) is 12.3. The van der Waals surface area contributed by atoms with Crippen LogP contribution >= 0.6 is 0 Å². The van der Waals surface area contributed by atoms with Gasteiger partial charge in [-0.25, -0.2) is 0 Å². The molecule has 2 N–H and O–H groups in total. The molecule has 5 heteroatoms. The number of carboxylic acids is 1. The molecule has 2 aromatic rings. The molecule has 1 aliphatic heterocycles. The van der Waals surface area contributed by atoms with Crippen LogP contribution < -0.4 is 4.74 Å². The molecule has 0 unspecified atom stereocenters. The number of aliphatic carboxylic acids is 1. The van der Waals surface area contributed by atoms with Gasteiger partial charge in [0.25, 0.3) is 0 Å². The van der Waals surface area contributed by atoms with Gasteiger partial charge in [0.05, 0.1) is 0 Å². The first kappa shape index (κ1) is 13.6. The predicted octanol–water partition coefficient (Wildman–Crippen LogP) is 2.07. The summed E-state index contributed by atoms with van der Waals surface area (Å²) in [4.78, 5) is 11.4. The number of carbonyl (C=O) groups is 1. The van der Waals surface area contributed by atoms with E-state index < -0.39 is 11.9 Å². The van der Waals surface area contributed by atoms with Crippen molar-refractivity contribution in [3.63, 3.8) is 0 Å². The van der Waals surface area contributed by atoms with Gasteiger partial charge in [-0.3, -0.25) is 4.79 Å². The molecule has 0 saturated carbocycles. The maximum atomic E-state index is 11.4. The highest BCUT2D eigenvalue weighted by Gasteiger charge is 2.31. The van der Waals surface area contributed by atoms with E-state index in [1.807, 2.05) is 24.3 Å². The van der Waals surface area contributed by atoms with Crippen molar-refractivity contribution in [1.29, 1.82) is 0 Å². The van der Waals surface area contributed by atoms with E-state index in [1.165, 1.54) is 16.6 Å². The first-order chi connectivity index (χ1) is 9.27. The summed E-state index contributed by atoms with van der Waals surface area (Å²) in [7, 11) is 0. The largest absolute Gasteiger partial charge is 0.529 e. The number of rotatable bonds is 1. The fourth-order valence-corrected chi connectivity index (χ4v) is 2.18. The van der Waals surface area contributed by atoms with E-state index in [2.05, 4.69) is 0 Å². The lowest BCUT2D eigenvalue weighted by atomic mass is 9.88. The van der Waals surface area contributed by atoms with Gasteiger partial charge in [0, 0.05) is 11.1 Å². The molecule has 0 spiro atoms. The molecule has 0 aromatic heterocycles. The second-order valence-corrected chi connectivity index (χ2v) is 3.95. The zero-order valence-corrected chi connectivity index (χ0v) is 11.1. The van der Waals surface area contributed by atoms with Crippen molar-refractivity contribution in [3.8, 4) is 11.5 Å². The second-order valence-electron chi connectivity index (χ2n) is 3.95. The van der Waals surface area contributed by atoms with Crippen molar-refractivity contribution in [3.05, 3.63) is 59.7 Å². The summed E-state index contributed by atoms with van der Waals surface area (Å²) < 4.78 is 12.6. The lowest BCUT2D eigenvalue weighted by Gasteiger charge is -2.25. The monoisotopic (exact) mass is 270 g/mol. The summed E-state index contributed by atoms with van der Waals surface area (Å²) >= 11 is 1.42. The molecule has 1 heterocycles. The number of benzene rings is 2. The van der Waals surface area contributed by atoms with E-state index in [0.717, 1.165) is 0 Å². The number of carboxylic acid groups (broad SMARTS) is 1. The van der Waals surface area contributed by atoms with Gasteiger partial charge in [-0.15, -0.1) is 0 Å². The fraction of sp³-hybridized carbons (Fsp3) is 0.0714. The van der Waals surface area contributed by atoms with Crippen molar-refractivity contribution >= 4 is 22.6 Å². The number of ether oxygens (including phenoxy) is 1. The lowest BCUT2D eigenvalue weighted by molar-refractivity contribution is -0.137. The molecule has 0 bridgehead atoms. The summed E-state index contributed by atoms with van der Waals surface area (Å²) in [5.41, 5.74) is 1.41. The SMILES string of the molecule is O=C(O)C1c2ccccc2Oc2ccccc21.[OH][Al]. The molecule has 3 rings (SSSR count). The van der Waals surface area contributed by atoms with Crippen LogP contribution in [-0.4, -0.2) is 31.9 Å². The first-order valence-corrected chi connectivity index (χ1v) is 6.13. The Balaban J connectivity index is 0.000000637. The summed E-state index contributed by atoms with van der Waals surface area (Å²) in [5, 5.41) is 9.38. The molecule has 4 nitrogen and oxygen atoms in total. The Kier molecular flexibility index (Phi) is 4.23. The predicted molar refractivity (Wildman–Crippen MR) is 70.4 cm³/mol. The molecular formula is C14H11AlO4. The molecule has 19 heavy (non-hydrogen) atoms. The van der Waals surface area contributed by atoms with Crippen LogP contribution in [-0.2, 0) is 4.79 Å². The Morgan fingerprint density at radius 1 is 0.947 bits per heavy atom. The molecule has 0 fully saturated rings.